The molecule has 5 nitrogen and oxygen atoms in total. The van der Waals surface area contributed by atoms with Gasteiger partial charge in [-0.05, 0) is 51.7 Å². The van der Waals surface area contributed by atoms with Crippen molar-refractivity contribution in [3.05, 3.63) is 41.4 Å². The standard InChI is InChI=1S/C21H29N3O2S/c1-5-16-8-6-7-9-18(16)24(19-22-12-15-27-19)17-10-13-23(14-11-17)20(25)26-21(2,3)4/h6-9,12,15,17H,5,10-11,13-14H2,1-4H3. The van der Waals surface area contributed by atoms with Crippen LogP contribution in [0.1, 0.15) is 46.1 Å². The maximum atomic E-state index is 12.4. The summed E-state index contributed by atoms with van der Waals surface area (Å²) >= 11 is 1.66. The second-order valence-electron chi connectivity index (χ2n) is 7.87. The van der Waals surface area contributed by atoms with E-state index < -0.39 is 5.60 Å². The van der Waals surface area contributed by atoms with E-state index in [9.17, 15) is 4.79 Å². The number of benzene rings is 1. The third-order valence-electron chi connectivity index (χ3n) is 4.74. The highest BCUT2D eigenvalue weighted by Gasteiger charge is 2.31. The molecule has 2 aromatic rings. The Labute approximate surface area is 166 Å². The molecular formula is C21H29N3O2S. The Kier molecular flexibility index (Phi) is 6.05. The number of nitrogens with zero attached hydrogens (tertiary/aromatic N) is 3. The summed E-state index contributed by atoms with van der Waals surface area (Å²) in [5.41, 5.74) is 2.09. The van der Waals surface area contributed by atoms with Gasteiger partial charge in [0.05, 0.1) is 0 Å². The fourth-order valence-corrected chi connectivity index (χ4v) is 4.19. The number of ether oxygens (including phenoxy) is 1. The number of aromatic nitrogens is 1. The van der Waals surface area contributed by atoms with E-state index in [4.69, 9.17) is 4.74 Å². The van der Waals surface area contributed by atoms with Gasteiger partial charge >= 0.3 is 6.09 Å². The molecule has 0 bridgehead atoms. The van der Waals surface area contributed by atoms with Crippen molar-refractivity contribution >= 4 is 28.2 Å². The Hall–Kier alpha value is -2.08. The molecule has 0 aliphatic carbocycles. The van der Waals surface area contributed by atoms with E-state index >= 15 is 0 Å². The first-order valence-electron chi connectivity index (χ1n) is 9.63. The van der Waals surface area contributed by atoms with E-state index in [1.807, 2.05) is 37.2 Å². The van der Waals surface area contributed by atoms with Crippen molar-refractivity contribution in [3.63, 3.8) is 0 Å². The zero-order chi connectivity index (χ0) is 19.4. The molecule has 0 saturated carbocycles. The third kappa shape index (κ3) is 4.80. The summed E-state index contributed by atoms with van der Waals surface area (Å²) in [6.45, 7) is 9.31. The summed E-state index contributed by atoms with van der Waals surface area (Å²) in [5.74, 6) is 0. The van der Waals surface area contributed by atoms with Crippen LogP contribution >= 0.6 is 11.3 Å². The van der Waals surface area contributed by atoms with Crippen LogP contribution < -0.4 is 4.90 Å². The van der Waals surface area contributed by atoms with Gasteiger partial charge in [0, 0.05) is 36.4 Å². The molecular weight excluding hydrogens is 358 g/mol. The van der Waals surface area contributed by atoms with Gasteiger partial charge in [-0.15, -0.1) is 11.3 Å². The van der Waals surface area contributed by atoms with Crippen molar-refractivity contribution in [2.45, 2.75) is 58.6 Å². The molecule has 1 fully saturated rings. The molecule has 3 rings (SSSR count). The lowest BCUT2D eigenvalue weighted by molar-refractivity contribution is 0.0206. The number of anilines is 2. The molecule has 2 heterocycles. The predicted octanol–water partition coefficient (Wildman–Crippen LogP) is 5.24. The van der Waals surface area contributed by atoms with Crippen LogP contribution in [0.5, 0.6) is 0 Å². The Bertz CT molecular complexity index is 747. The van der Waals surface area contributed by atoms with Crippen molar-refractivity contribution < 1.29 is 9.53 Å². The third-order valence-corrected chi connectivity index (χ3v) is 5.51. The van der Waals surface area contributed by atoms with Gasteiger partial charge in [0.1, 0.15) is 5.60 Å². The number of amides is 1. The summed E-state index contributed by atoms with van der Waals surface area (Å²) in [5, 5.41) is 3.04. The fraction of sp³-hybridized carbons (Fsp3) is 0.524. The van der Waals surface area contributed by atoms with Crippen LogP contribution in [0.4, 0.5) is 15.6 Å². The lowest BCUT2D eigenvalue weighted by atomic mass is 10.0. The van der Waals surface area contributed by atoms with Gasteiger partial charge < -0.3 is 14.5 Å². The molecule has 0 spiro atoms. The predicted molar refractivity (Wildman–Crippen MR) is 111 cm³/mol. The molecule has 146 valence electrons. The molecule has 1 saturated heterocycles. The van der Waals surface area contributed by atoms with Crippen molar-refractivity contribution in [2.24, 2.45) is 0 Å². The van der Waals surface area contributed by atoms with Crippen LogP contribution in [0.25, 0.3) is 0 Å². The van der Waals surface area contributed by atoms with E-state index in [-0.39, 0.29) is 6.09 Å². The first-order valence-corrected chi connectivity index (χ1v) is 10.5. The Morgan fingerprint density at radius 3 is 2.59 bits per heavy atom. The number of carbonyl (C=O) groups is 1. The maximum Gasteiger partial charge on any atom is 0.410 e. The lowest BCUT2D eigenvalue weighted by Gasteiger charge is -2.39. The highest BCUT2D eigenvalue weighted by atomic mass is 32.1. The number of hydrogen-bond acceptors (Lipinski definition) is 5. The summed E-state index contributed by atoms with van der Waals surface area (Å²) in [7, 11) is 0. The van der Waals surface area contributed by atoms with Gasteiger partial charge in [0.2, 0.25) is 0 Å². The SMILES string of the molecule is CCc1ccccc1N(c1nccs1)C1CCN(C(=O)OC(C)(C)C)CC1. The summed E-state index contributed by atoms with van der Waals surface area (Å²) in [6.07, 6.45) is 4.43. The maximum absolute atomic E-state index is 12.4. The largest absolute Gasteiger partial charge is 0.444 e. The number of carbonyl (C=O) groups excluding carboxylic acids is 1. The summed E-state index contributed by atoms with van der Waals surface area (Å²) in [6, 6.07) is 8.87. The highest BCUT2D eigenvalue weighted by molar-refractivity contribution is 7.13. The molecule has 1 aliphatic heterocycles. The van der Waals surface area contributed by atoms with Crippen LogP contribution in [0.15, 0.2) is 35.8 Å². The van der Waals surface area contributed by atoms with E-state index in [2.05, 4.69) is 41.1 Å². The van der Waals surface area contributed by atoms with Gasteiger partial charge in [-0.3, -0.25) is 0 Å². The molecule has 0 atom stereocenters. The molecule has 1 aliphatic rings. The monoisotopic (exact) mass is 387 g/mol. The van der Waals surface area contributed by atoms with Crippen LogP contribution in [0.3, 0.4) is 0 Å². The zero-order valence-electron chi connectivity index (χ0n) is 16.6. The summed E-state index contributed by atoms with van der Waals surface area (Å²) < 4.78 is 5.53. The first-order chi connectivity index (χ1) is 12.9. The van der Waals surface area contributed by atoms with E-state index in [1.165, 1.54) is 11.3 Å². The molecule has 0 N–H and O–H groups in total. The smallest absolute Gasteiger partial charge is 0.410 e. The van der Waals surface area contributed by atoms with Gasteiger partial charge in [0.15, 0.2) is 5.13 Å². The number of para-hydroxylation sites is 1. The normalized spacial score (nSPS) is 15.6. The van der Waals surface area contributed by atoms with Crippen LogP contribution in [-0.2, 0) is 11.2 Å². The number of piperidine rings is 1. The quantitative estimate of drug-likeness (QED) is 0.719. The Balaban J connectivity index is 1.77. The van der Waals surface area contributed by atoms with E-state index in [0.717, 1.165) is 24.4 Å². The van der Waals surface area contributed by atoms with Crippen molar-refractivity contribution in [1.82, 2.24) is 9.88 Å². The topological polar surface area (TPSA) is 45.7 Å². The van der Waals surface area contributed by atoms with E-state index in [1.54, 1.807) is 11.3 Å². The minimum atomic E-state index is -0.457. The van der Waals surface area contributed by atoms with Gasteiger partial charge in [-0.25, -0.2) is 9.78 Å². The molecule has 0 unspecified atom stereocenters. The minimum absolute atomic E-state index is 0.212. The molecule has 1 aromatic heterocycles. The highest BCUT2D eigenvalue weighted by Crippen LogP contribution is 2.35. The molecule has 1 amide bonds. The number of thiazole rings is 1. The second-order valence-corrected chi connectivity index (χ2v) is 8.74. The molecule has 27 heavy (non-hydrogen) atoms. The molecule has 1 aromatic carbocycles. The molecule has 6 heteroatoms. The Morgan fingerprint density at radius 1 is 1.30 bits per heavy atom. The van der Waals surface area contributed by atoms with Gasteiger partial charge in [-0.1, -0.05) is 25.1 Å². The van der Waals surface area contributed by atoms with Gasteiger partial charge in [-0.2, -0.15) is 0 Å². The number of rotatable bonds is 4. The lowest BCUT2D eigenvalue weighted by Crippen LogP contribution is -2.47. The van der Waals surface area contributed by atoms with E-state index in [0.29, 0.717) is 19.1 Å². The second kappa shape index (κ2) is 8.30. The number of likely N-dealkylation sites (tertiary alicyclic amines) is 1. The van der Waals surface area contributed by atoms with Crippen LogP contribution in [0, 0.1) is 0 Å². The van der Waals surface area contributed by atoms with Crippen LogP contribution in [-0.4, -0.2) is 40.7 Å². The van der Waals surface area contributed by atoms with Crippen molar-refractivity contribution in [1.29, 1.82) is 0 Å². The first kappa shape index (κ1) is 19.7. The summed E-state index contributed by atoms with van der Waals surface area (Å²) in [4.78, 5) is 21.2. The average Bonchev–Trinajstić information content (AvgIpc) is 3.16. The number of hydrogen-bond donors (Lipinski definition) is 0. The minimum Gasteiger partial charge on any atom is -0.444 e. The molecule has 0 radical (unpaired) electrons. The van der Waals surface area contributed by atoms with Gasteiger partial charge in [0.25, 0.3) is 0 Å². The van der Waals surface area contributed by atoms with Crippen molar-refractivity contribution in [3.8, 4) is 0 Å². The fourth-order valence-electron chi connectivity index (χ4n) is 3.47. The van der Waals surface area contributed by atoms with Crippen LogP contribution in [0.2, 0.25) is 0 Å². The number of aryl methyl sites for hydroxylation is 1. The Morgan fingerprint density at radius 2 is 2.00 bits per heavy atom. The average molecular weight is 388 g/mol. The zero-order valence-corrected chi connectivity index (χ0v) is 17.5. The van der Waals surface area contributed by atoms with Crippen molar-refractivity contribution in [2.75, 3.05) is 18.0 Å².